The van der Waals surface area contributed by atoms with Gasteiger partial charge in [0.2, 0.25) is 0 Å². The maximum atomic E-state index is 11.8. The van der Waals surface area contributed by atoms with E-state index in [2.05, 4.69) is 0 Å². The summed E-state index contributed by atoms with van der Waals surface area (Å²) in [7, 11) is 0. The third-order valence-electron chi connectivity index (χ3n) is 2.58. The Kier molecular flexibility index (Phi) is 5.82. The van der Waals surface area contributed by atoms with Gasteiger partial charge in [-0.15, -0.1) is 11.8 Å². The minimum absolute atomic E-state index is 0.189. The van der Waals surface area contributed by atoms with Crippen molar-refractivity contribution in [1.29, 1.82) is 0 Å². The SMILES string of the molecule is CCOC(=O)C(C)(C)SCc1cccc(C(N)=S)c1. The molecule has 0 radical (unpaired) electrons. The van der Waals surface area contributed by atoms with E-state index in [1.54, 1.807) is 11.8 Å². The number of rotatable bonds is 6. The molecule has 1 aromatic carbocycles. The Hall–Kier alpha value is -1.07. The van der Waals surface area contributed by atoms with Gasteiger partial charge in [0, 0.05) is 11.3 Å². The molecule has 0 saturated carbocycles. The Morgan fingerprint density at radius 1 is 1.47 bits per heavy atom. The summed E-state index contributed by atoms with van der Waals surface area (Å²) >= 11 is 6.49. The number of thiocarbonyl (C=S) groups is 1. The maximum absolute atomic E-state index is 11.8. The van der Waals surface area contributed by atoms with Crippen molar-refractivity contribution in [2.45, 2.75) is 31.3 Å². The highest BCUT2D eigenvalue weighted by Gasteiger charge is 2.29. The Morgan fingerprint density at radius 2 is 2.16 bits per heavy atom. The average molecular weight is 297 g/mol. The van der Waals surface area contributed by atoms with E-state index in [9.17, 15) is 4.79 Å². The molecule has 5 heteroatoms. The summed E-state index contributed by atoms with van der Waals surface area (Å²) in [5.41, 5.74) is 7.54. The molecule has 0 spiro atoms. The third kappa shape index (κ3) is 4.84. The molecule has 0 atom stereocenters. The molecule has 0 heterocycles. The van der Waals surface area contributed by atoms with Gasteiger partial charge in [-0.05, 0) is 32.4 Å². The molecule has 1 aromatic rings. The first-order valence-electron chi connectivity index (χ1n) is 6.06. The van der Waals surface area contributed by atoms with E-state index in [0.717, 1.165) is 11.1 Å². The molecular formula is C14H19NO2S2. The number of nitrogens with two attached hydrogens (primary N) is 1. The van der Waals surface area contributed by atoms with E-state index < -0.39 is 4.75 Å². The standard InChI is InChI=1S/C14H19NO2S2/c1-4-17-13(16)14(2,3)19-9-10-6-5-7-11(8-10)12(15)18/h5-8H,4,9H2,1-3H3,(H2,15,18). The smallest absolute Gasteiger partial charge is 0.321 e. The van der Waals surface area contributed by atoms with Crippen molar-refractivity contribution >= 4 is 34.9 Å². The number of carbonyl (C=O) groups is 1. The van der Waals surface area contributed by atoms with Crippen LogP contribution in [-0.2, 0) is 15.3 Å². The molecule has 104 valence electrons. The van der Waals surface area contributed by atoms with Gasteiger partial charge >= 0.3 is 5.97 Å². The Labute approximate surface area is 123 Å². The second-order valence-corrected chi connectivity index (χ2v) is 6.62. The zero-order chi connectivity index (χ0) is 14.5. The Morgan fingerprint density at radius 3 is 2.74 bits per heavy atom. The highest BCUT2D eigenvalue weighted by molar-refractivity contribution is 8.00. The van der Waals surface area contributed by atoms with Gasteiger partial charge in [0.25, 0.3) is 0 Å². The fraction of sp³-hybridized carbons (Fsp3) is 0.429. The van der Waals surface area contributed by atoms with Crippen LogP contribution in [0.1, 0.15) is 31.9 Å². The van der Waals surface area contributed by atoms with Crippen molar-refractivity contribution in [2.75, 3.05) is 6.61 Å². The molecule has 0 fully saturated rings. The predicted octanol–water partition coefficient (Wildman–Crippen LogP) is 2.90. The zero-order valence-corrected chi connectivity index (χ0v) is 13.1. The number of thioether (sulfide) groups is 1. The van der Waals surface area contributed by atoms with Crippen LogP contribution in [0.5, 0.6) is 0 Å². The molecule has 0 aliphatic heterocycles. The fourth-order valence-corrected chi connectivity index (χ4v) is 2.45. The first-order chi connectivity index (χ1) is 8.86. The highest BCUT2D eigenvalue weighted by atomic mass is 32.2. The van der Waals surface area contributed by atoms with Crippen LogP contribution in [0.2, 0.25) is 0 Å². The summed E-state index contributed by atoms with van der Waals surface area (Å²) in [4.78, 5) is 12.2. The first kappa shape index (κ1) is 16.0. The molecule has 0 unspecified atom stereocenters. The van der Waals surface area contributed by atoms with Gasteiger partial charge in [-0.2, -0.15) is 0 Å². The maximum Gasteiger partial charge on any atom is 0.321 e. The summed E-state index contributed by atoms with van der Waals surface area (Å²) in [6, 6.07) is 7.75. The van der Waals surface area contributed by atoms with Crippen LogP contribution in [0, 0.1) is 0 Å². The molecule has 0 aliphatic carbocycles. The molecule has 19 heavy (non-hydrogen) atoms. The molecule has 2 N–H and O–H groups in total. The molecular weight excluding hydrogens is 278 g/mol. The monoisotopic (exact) mass is 297 g/mol. The van der Waals surface area contributed by atoms with Crippen molar-refractivity contribution in [2.24, 2.45) is 5.73 Å². The second-order valence-electron chi connectivity index (χ2n) is 4.58. The van der Waals surface area contributed by atoms with E-state index in [4.69, 9.17) is 22.7 Å². The number of benzene rings is 1. The summed E-state index contributed by atoms with van der Waals surface area (Å²) in [6.07, 6.45) is 0. The van der Waals surface area contributed by atoms with Crippen molar-refractivity contribution in [3.8, 4) is 0 Å². The van der Waals surface area contributed by atoms with Crippen molar-refractivity contribution in [3.63, 3.8) is 0 Å². The van der Waals surface area contributed by atoms with Crippen LogP contribution >= 0.6 is 24.0 Å². The van der Waals surface area contributed by atoms with E-state index in [0.29, 0.717) is 17.3 Å². The first-order valence-corrected chi connectivity index (χ1v) is 7.46. The highest BCUT2D eigenvalue weighted by Crippen LogP contribution is 2.29. The van der Waals surface area contributed by atoms with Crippen molar-refractivity contribution < 1.29 is 9.53 Å². The van der Waals surface area contributed by atoms with Gasteiger partial charge < -0.3 is 10.5 Å². The van der Waals surface area contributed by atoms with Gasteiger partial charge in [0.05, 0.1) is 6.61 Å². The zero-order valence-electron chi connectivity index (χ0n) is 11.4. The van der Waals surface area contributed by atoms with E-state index in [1.807, 2.05) is 45.0 Å². The molecule has 0 aromatic heterocycles. The number of hydrogen-bond donors (Lipinski definition) is 1. The summed E-state index contributed by atoms with van der Waals surface area (Å²) in [5.74, 6) is 0.521. The minimum atomic E-state index is -0.560. The fourth-order valence-electron chi connectivity index (χ4n) is 1.44. The second kappa shape index (κ2) is 6.91. The van der Waals surface area contributed by atoms with Crippen molar-refractivity contribution in [1.82, 2.24) is 0 Å². The number of esters is 1. The molecule has 0 saturated heterocycles. The van der Waals surface area contributed by atoms with Crippen LogP contribution in [0.3, 0.4) is 0 Å². The number of ether oxygens (including phenoxy) is 1. The van der Waals surface area contributed by atoms with Crippen LogP contribution in [0.25, 0.3) is 0 Å². The summed E-state index contributed by atoms with van der Waals surface area (Å²) in [6.45, 7) is 5.95. The molecule has 3 nitrogen and oxygen atoms in total. The largest absolute Gasteiger partial charge is 0.465 e. The molecule has 0 aliphatic rings. The predicted molar refractivity (Wildman–Crippen MR) is 84.3 cm³/mol. The third-order valence-corrected chi connectivity index (χ3v) is 4.18. The van der Waals surface area contributed by atoms with Crippen LogP contribution in [-0.4, -0.2) is 22.3 Å². The quantitative estimate of drug-likeness (QED) is 0.646. The number of carbonyl (C=O) groups excluding carboxylic acids is 1. The van der Waals surface area contributed by atoms with Gasteiger partial charge in [-0.3, -0.25) is 4.79 Å². The molecule has 0 amide bonds. The van der Waals surface area contributed by atoms with Gasteiger partial charge in [-0.1, -0.05) is 30.4 Å². The lowest BCUT2D eigenvalue weighted by Crippen LogP contribution is -2.30. The summed E-state index contributed by atoms with van der Waals surface area (Å²) < 4.78 is 4.50. The lowest BCUT2D eigenvalue weighted by atomic mass is 10.1. The van der Waals surface area contributed by atoms with E-state index >= 15 is 0 Å². The normalized spacial score (nSPS) is 11.1. The topological polar surface area (TPSA) is 52.3 Å². The lowest BCUT2D eigenvalue weighted by molar-refractivity contribution is -0.145. The van der Waals surface area contributed by atoms with Gasteiger partial charge in [-0.25, -0.2) is 0 Å². The Balaban J connectivity index is 2.68. The minimum Gasteiger partial charge on any atom is -0.465 e. The van der Waals surface area contributed by atoms with Crippen molar-refractivity contribution in [3.05, 3.63) is 35.4 Å². The van der Waals surface area contributed by atoms with Gasteiger partial charge in [0.15, 0.2) is 0 Å². The average Bonchev–Trinajstić information content (AvgIpc) is 2.37. The Bertz CT molecular complexity index is 472. The number of hydrogen-bond acceptors (Lipinski definition) is 4. The van der Waals surface area contributed by atoms with E-state index in [1.165, 1.54) is 0 Å². The molecule has 0 bridgehead atoms. The van der Waals surface area contributed by atoms with Crippen LogP contribution < -0.4 is 5.73 Å². The molecule has 1 rings (SSSR count). The lowest BCUT2D eigenvalue weighted by Gasteiger charge is -2.21. The van der Waals surface area contributed by atoms with Crippen LogP contribution in [0.4, 0.5) is 0 Å². The van der Waals surface area contributed by atoms with Gasteiger partial charge in [0.1, 0.15) is 9.74 Å². The van der Waals surface area contributed by atoms with Crippen LogP contribution in [0.15, 0.2) is 24.3 Å². The van der Waals surface area contributed by atoms with E-state index in [-0.39, 0.29) is 5.97 Å². The summed E-state index contributed by atoms with van der Waals surface area (Å²) in [5, 5.41) is 0.